The summed E-state index contributed by atoms with van der Waals surface area (Å²) in [5.41, 5.74) is 0.970. The van der Waals surface area contributed by atoms with Gasteiger partial charge in [-0.2, -0.15) is 10.2 Å². The number of hydrogen-bond acceptors (Lipinski definition) is 4. The van der Waals surface area contributed by atoms with Crippen molar-refractivity contribution >= 4 is 0 Å². The second-order valence-electron chi connectivity index (χ2n) is 3.41. The van der Waals surface area contributed by atoms with Gasteiger partial charge < -0.3 is 10.1 Å². The molecule has 0 bridgehead atoms. The lowest BCUT2D eigenvalue weighted by atomic mass is 10.2. The first kappa shape index (κ1) is 11.1. The minimum atomic E-state index is 0.525. The molecule has 0 aliphatic heterocycles. The van der Waals surface area contributed by atoms with Crippen LogP contribution in [0.15, 0.2) is 18.3 Å². The van der Waals surface area contributed by atoms with E-state index in [1.54, 1.807) is 13.3 Å². The van der Waals surface area contributed by atoms with Crippen LogP contribution in [0.4, 0.5) is 0 Å². The van der Waals surface area contributed by atoms with Gasteiger partial charge in [-0.3, -0.25) is 0 Å². The van der Waals surface area contributed by atoms with Crippen LogP contribution < -0.4 is 5.32 Å². The van der Waals surface area contributed by atoms with Crippen LogP contribution in [0.25, 0.3) is 0 Å². The molecule has 1 atom stereocenters. The molecule has 0 fully saturated rings. The summed E-state index contributed by atoms with van der Waals surface area (Å²) in [4.78, 5) is 0. The molecule has 0 saturated heterocycles. The lowest BCUT2D eigenvalue weighted by Gasteiger charge is -2.10. The van der Waals surface area contributed by atoms with Crippen LogP contribution in [0.3, 0.4) is 0 Å². The molecule has 0 aliphatic rings. The lowest BCUT2D eigenvalue weighted by Crippen LogP contribution is -2.23. The molecular weight excluding hydrogens is 178 g/mol. The predicted molar refractivity (Wildman–Crippen MR) is 54.8 cm³/mol. The summed E-state index contributed by atoms with van der Waals surface area (Å²) < 4.78 is 5.04. The number of methoxy groups -OCH3 is 1. The highest BCUT2D eigenvalue weighted by atomic mass is 16.5. The summed E-state index contributed by atoms with van der Waals surface area (Å²) in [7, 11) is 1.72. The molecule has 78 valence electrons. The lowest BCUT2D eigenvalue weighted by molar-refractivity contribution is 0.158. The Morgan fingerprint density at radius 3 is 3.07 bits per heavy atom. The first-order valence-corrected chi connectivity index (χ1v) is 4.79. The Kier molecular flexibility index (Phi) is 5.11. The smallest absolute Gasteiger partial charge is 0.0768 e. The second-order valence-corrected chi connectivity index (χ2v) is 3.41. The van der Waals surface area contributed by atoms with Crippen LogP contribution in [0, 0.1) is 5.92 Å². The molecule has 0 saturated carbocycles. The highest BCUT2D eigenvalue weighted by Crippen LogP contribution is 1.94. The highest BCUT2D eigenvalue weighted by Gasteiger charge is 2.00. The van der Waals surface area contributed by atoms with Gasteiger partial charge in [0.05, 0.1) is 5.69 Å². The number of rotatable bonds is 6. The molecule has 1 unspecified atom stereocenters. The minimum Gasteiger partial charge on any atom is -0.384 e. The molecule has 14 heavy (non-hydrogen) atoms. The number of nitrogens with one attached hydrogen (secondary N) is 1. The normalized spacial score (nSPS) is 12.7. The Hall–Kier alpha value is -1.00. The molecule has 4 heteroatoms. The molecule has 0 amide bonds. The van der Waals surface area contributed by atoms with Crippen molar-refractivity contribution in [2.75, 3.05) is 20.3 Å². The molecule has 1 aromatic rings. The minimum absolute atomic E-state index is 0.525. The maximum Gasteiger partial charge on any atom is 0.0768 e. The van der Waals surface area contributed by atoms with Gasteiger partial charge in [0.15, 0.2) is 0 Å². The van der Waals surface area contributed by atoms with Crippen molar-refractivity contribution < 1.29 is 4.74 Å². The topological polar surface area (TPSA) is 47.0 Å². The first-order chi connectivity index (χ1) is 6.83. The maximum absolute atomic E-state index is 5.04. The van der Waals surface area contributed by atoms with Crippen molar-refractivity contribution in [2.45, 2.75) is 13.5 Å². The van der Waals surface area contributed by atoms with Crippen LogP contribution >= 0.6 is 0 Å². The van der Waals surface area contributed by atoms with E-state index in [4.69, 9.17) is 4.74 Å². The van der Waals surface area contributed by atoms with E-state index in [0.717, 1.165) is 25.4 Å². The standard InChI is InChI=1S/C10H17N3O/c1-9(8-14-2)6-11-7-10-4-3-5-12-13-10/h3-5,9,11H,6-8H2,1-2H3. The van der Waals surface area contributed by atoms with Crippen molar-refractivity contribution in [2.24, 2.45) is 5.92 Å². The molecule has 0 aliphatic carbocycles. The Bertz CT molecular complexity index is 240. The average Bonchev–Trinajstić information content (AvgIpc) is 2.20. The van der Waals surface area contributed by atoms with Crippen molar-refractivity contribution in [3.05, 3.63) is 24.0 Å². The van der Waals surface area contributed by atoms with Gasteiger partial charge in [-0.25, -0.2) is 0 Å². The molecule has 0 aromatic carbocycles. The van der Waals surface area contributed by atoms with E-state index < -0.39 is 0 Å². The van der Waals surface area contributed by atoms with Gasteiger partial charge in [0.1, 0.15) is 0 Å². The fourth-order valence-corrected chi connectivity index (χ4v) is 1.22. The van der Waals surface area contributed by atoms with Crippen LogP contribution in [0.5, 0.6) is 0 Å². The quantitative estimate of drug-likeness (QED) is 0.731. The van der Waals surface area contributed by atoms with Gasteiger partial charge in [0.25, 0.3) is 0 Å². The number of aromatic nitrogens is 2. The molecular formula is C10H17N3O. The van der Waals surface area contributed by atoms with Gasteiger partial charge in [-0.15, -0.1) is 0 Å². The van der Waals surface area contributed by atoms with Crippen LogP contribution in [0.1, 0.15) is 12.6 Å². The van der Waals surface area contributed by atoms with Gasteiger partial charge >= 0.3 is 0 Å². The van der Waals surface area contributed by atoms with Crippen LogP contribution in [-0.4, -0.2) is 30.5 Å². The number of nitrogens with zero attached hydrogens (tertiary/aromatic N) is 2. The summed E-state index contributed by atoms with van der Waals surface area (Å²) in [6, 6.07) is 3.85. The Balaban J connectivity index is 2.16. The third-order valence-electron chi connectivity index (χ3n) is 1.88. The summed E-state index contributed by atoms with van der Waals surface area (Å²) >= 11 is 0. The fraction of sp³-hybridized carbons (Fsp3) is 0.600. The second kappa shape index (κ2) is 6.45. The highest BCUT2D eigenvalue weighted by molar-refractivity contribution is 4.98. The molecule has 0 spiro atoms. The Labute approximate surface area is 84.7 Å². The van der Waals surface area contributed by atoms with Gasteiger partial charge in [0.2, 0.25) is 0 Å². The summed E-state index contributed by atoms with van der Waals surface area (Å²) in [6.45, 7) is 4.63. The third-order valence-corrected chi connectivity index (χ3v) is 1.88. The molecule has 1 rings (SSSR count). The van der Waals surface area contributed by atoms with Crippen molar-refractivity contribution in [3.63, 3.8) is 0 Å². The van der Waals surface area contributed by atoms with Crippen LogP contribution in [0.2, 0.25) is 0 Å². The maximum atomic E-state index is 5.04. The Morgan fingerprint density at radius 2 is 2.43 bits per heavy atom. The zero-order valence-electron chi connectivity index (χ0n) is 8.73. The monoisotopic (exact) mass is 195 g/mol. The fourth-order valence-electron chi connectivity index (χ4n) is 1.22. The zero-order chi connectivity index (χ0) is 10.2. The van der Waals surface area contributed by atoms with E-state index in [2.05, 4.69) is 22.4 Å². The van der Waals surface area contributed by atoms with Crippen molar-refractivity contribution in [3.8, 4) is 0 Å². The molecule has 1 heterocycles. The van der Waals surface area contributed by atoms with E-state index in [1.165, 1.54) is 0 Å². The SMILES string of the molecule is COCC(C)CNCc1cccnn1. The zero-order valence-corrected chi connectivity index (χ0v) is 8.73. The Morgan fingerprint density at radius 1 is 1.57 bits per heavy atom. The third kappa shape index (κ3) is 4.30. The number of hydrogen-bond donors (Lipinski definition) is 1. The van der Waals surface area contributed by atoms with Crippen molar-refractivity contribution in [1.29, 1.82) is 0 Å². The summed E-state index contributed by atoms with van der Waals surface area (Å²) in [5.74, 6) is 0.525. The van der Waals surface area contributed by atoms with Crippen LogP contribution in [-0.2, 0) is 11.3 Å². The van der Waals surface area contributed by atoms with E-state index in [-0.39, 0.29) is 0 Å². The molecule has 1 N–H and O–H groups in total. The first-order valence-electron chi connectivity index (χ1n) is 4.79. The summed E-state index contributed by atoms with van der Waals surface area (Å²) in [6.07, 6.45) is 1.68. The number of ether oxygens (including phenoxy) is 1. The van der Waals surface area contributed by atoms with Gasteiger partial charge in [-0.1, -0.05) is 6.92 Å². The predicted octanol–water partition coefficient (Wildman–Crippen LogP) is 0.849. The average molecular weight is 195 g/mol. The van der Waals surface area contributed by atoms with E-state index in [0.29, 0.717) is 5.92 Å². The van der Waals surface area contributed by atoms with Gasteiger partial charge in [-0.05, 0) is 18.1 Å². The van der Waals surface area contributed by atoms with E-state index in [9.17, 15) is 0 Å². The molecule has 0 radical (unpaired) electrons. The molecule has 4 nitrogen and oxygen atoms in total. The largest absolute Gasteiger partial charge is 0.384 e. The van der Waals surface area contributed by atoms with Gasteiger partial charge in [0, 0.05) is 33.0 Å². The van der Waals surface area contributed by atoms with E-state index in [1.807, 2.05) is 12.1 Å². The van der Waals surface area contributed by atoms with Crippen molar-refractivity contribution in [1.82, 2.24) is 15.5 Å². The summed E-state index contributed by atoms with van der Waals surface area (Å²) in [5, 5.41) is 11.1. The molecule has 1 aromatic heterocycles. The van der Waals surface area contributed by atoms with E-state index >= 15 is 0 Å².